The van der Waals surface area contributed by atoms with E-state index in [1.165, 1.54) is 11.6 Å². The van der Waals surface area contributed by atoms with Crippen LogP contribution in [0.5, 0.6) is 0 Å². The highest BCUT2D eigenvalue weighted by Crippen LogP contribution is 2.32. The predicted octanol–water partition coefficient (Wildman–Crippen LogP) is 4.39. The van der Waals surface area contributed by atoms with Crippen LogP contribution < -0.4 is 5.32 Å². The Bertz CT molecular complexity index is 749. The molecule has 1 aromatic carbocycles. The second kappa shape index (κ2) is 8.23. The molecule has 5 nitrogen and oxygen atoms in total. The Hall–Kier alpha value is -1.53. The molecule has 1 aromatic heterocycles. The van der Waals surface area contributed by atoms with Crippen LogP contribution in [0.3, 0.4) is 0 Å². The fourth-order valence-electron chi connectivity index (χ4n) is 2.67. The van der Waals surface area contributed by atoms with Gasteiger partial charge in [0.2, 0.25) is 0 Å². The number of carbonyl (C=O) groups is 1. The number of hydrogen-bond donors (Lipinski definition) is 1. The van der Waals surface area contributed by atoms with Gasteiger partial charge < -0.3 is 10.2 Å². The summed E-state index contributed by atoms with van der Waals surface area (Å²) in [5.41, 5.74) is 1.68. The molecule has 1 aliphatic heterocycles. The Morgan fingerprint density at radius 1 is 1.00 bits per heavy atom. The van der Waals surface area contributed by atoms with E-state index in [2.05, 4.69) is 15.2 Å². The molecule has 1 fully saturated rings. The van der Waals surface area contributed by atoms with Gasteiger partial charge in [0.25, 0.3) is 0 Å². The highest BCUT2D eigenvalue weighted by Gasteiger charge is 2.22. The number of pyridine rings is 1. The van der Waals surface area contributed by atoms with Crippen molar-refractivity contribution in [1.82, 2.24) is 14.8 Å². The van der Waals surface area contributed by atoms with Gasteiger partial charge in [0.05, 0.1) is 20.8 Å². The van der Waals surface area contributed by atoms with E-state index in [9.17, 15) is 4.79 Å². The fourth-order valence-corrected chi connectivity index (χ4v) is 3.26. The van der Waals surface area contributed by atoms with Gasteiger partial charge in [-0.1, -0.05) is 34.8 Å². The van der Waals surface area contributed by atoms with Crippen molar-refractivity contribution >= 4 is 46.5 Å². The molecule has 1 saturated heterocycles. The van der Waals surface area contributed by atoms with E-state index in [-0.39, 0.29) is 6.03 Å². The van der Waals surface area contributed by atoms with Gasteiger partial charge in [-0.15, -0.1) is 0 Å². The number of urea groups is 1. The van der Waals surface area contributed by atoms with E-state index >= 15 is 0 Å². The third-order valence-electron chi connectivity index (χ3n) is 4.07. The Kier molecular flexibility index (Phi) is 6.02. The van der Waals surface area contributed by atoms with E-state index in [0.717, 1.165) is 19.6 Å². The normalized spacial score (nSPS) is 15.2. The number of amides is 2. The summed E-state index contributed by atoms with van der Waals surface area (Å²) in [6, 6.07) is 6.90. The monoisotopic (exact) mass is 398 g/mol. The number of carbonyl (C=O) groups excluding carboxylic acids is 1. The fraction of sp³-hybridized carbons (Fsp3) is 0.294. The molecule has 0 unspecified atom stereocenters. The molecule has 2 amide bonds. The minimum atomic E-state index is -0.191. The third-order valence-corrected chi connectivity index (χ3v) is 5.10. The first kappa shape index (κ1) is 18.3. The number of benzene rings is 1. The summed E-state index contributed by atoms with van der Waals surface area (Å²) < 4.78 is 0. The quantitative estimate of drug-likeness (QED) is 0.779. The average Bonchev–Trinajstić information content (AvgIpc) is 2.61. The smallest absolute Gasteiger partial charge is 0.321 e. The molecular weight excluding hydrogens is 383 g/mol. The molecule has 8 heteroatoms. The first-order valence-electron chi connectivity index (χ1n) is 7.84. The molecule has 0 spiro atoms. The predicted molar refractivity (Wildman–Crippen MR) is 102 cm³/mol. The Balaban J connectivity index is 1.54. The van der Waals surface area contributed by atoms with Gasteiger partial charge in [0, 0.05) is 45.1 Å². The van der Waals surface area contributed by atoms with Crippen LogP contribution in [0.15, 0.2) is 36.7 Å². The van der Waals surface area contributed by atoms with E-state index in [0.29, 0.717) is 33.8 Å². The van der Waals surface area contributed by atoms with Crippen molar-refractivity contribution in [2.75, 3.05) is 31.5 Å². The summed E-state index contributed by atoms with van der Waals surface area (Å²) in [5, 5.41) is 3.86. The van der Waals surface area contributed by atoms with E-state index in [1.54, 1.807) is 23.4 Å². The summed E-state index contributed by atoms with van der Waals surface area (Å²) in [4.78, 5) is 20.5. The van der Waals surface area contributed by atoms with Crippen LogP contribution >= 0.6 is 34.8 Å². The molecule has 0 atom stereocenters. The molecular formula is C17H17Cl3N4O. The van der Waals surface area contributed by atoms with Crippen LogP contribution in [-0.2, 0) is 6.54 Å². The lowest BCUT2D eigenvalue weighted by Gasteiger charge is -2.34. The maximum Gasteiger partial charge on any atom is 0.321 e. The highest BCUT2D eigenvalue weighted by atomic mass is 35.5. The topological polar surface area (TPSA) is 48.5 Å². The molecule has 132 valence electrons. The molecule has 1 aliphatic rings. The average molecular weight is 400 g/mol. The van der Waals surface area contributed by atoms with Crippen LogP contribution in [0.1, 0.15) is 5.56 Å². The lowest BCUT2D eigenvalue weighted by atomic mass is 10.2. The van der Waals surface area contributed by atoms with Gasteiger partial charge in [-0.25, -0.2) is 4.79 Å². The Morgan fingerprint density at radius 3 is 2.32 bits per heavy atom. The second-order valence-electron chi connectivity index (χ2n) is 5.79. The zero-order valence-corrected chi connectivity index (χ0v) is 15.7. The summed E-state index contributed by atoms with van der Waals surface area (Å²) in [6.45, 7) is 3.78. The van der Waals surface area contributed by atoms with Crippen molar-refractivity contribution in [3.63, 3.8) is 0 Å². The SMILES string of the molecule is O=C(Nc1cc(Cl)c(Cl)cc1Cl)N1CCN(Cc2ccncc2)CC1. The molecule has 1 N–H and O–H groups in total. The van der Waals surface area contributed by atoms with Crippen molar-refractivity contribution in [2.24, 2.45) is 0 Å². The van der Waals surface area contributed by atoms with Gasteiger partial charge in [-0.3, -0.25) is 9.88 Å². The summed E-state index contributed by atoms with van der Waals surface area (Å²) in [5.74, 6) is 0. The van der Waals surface area contributed by atoms with Crippen LogP contribution in [-0.4, -0.2) is 47.0 Å². The molecule has 25 heavy (non-hydrogen) atoms. The largest absolute Gasteiger partial charge is 0.322 e. The van der Waals surface area contributed by atoms with Gasteiger partial charge in [0.15, 0.2) is 0 Å². The molecule has 0 bridgehead atoms. The first-order chi connectivity index (χ1) is 12.0. The standard InChI is InChI=1S/C17H17Cl3N4O/c18-13-9-15(20)16(10-14(13)19)22-17(25)24-7-5-23(6-8-24)11-12-1-3-21-4-2-12/h1-4,9-10H,5-8,11H2,(H,22,25). The number of nitrogens with one attached hydrogen (secondary N) is 1. The zero-order chi connectivity index (χ0) is 17.8. The first-order valence-corrected chi connectivity index (χ1v) is 8.98. The lowest BCUT2D eigenvalue weighted by molar-refractivity contribution is 0.143. The molecule has 3 rings (SSSR count). The minimum absolute atomic E-state index is 0.191. The van der Waals surface area contributed by atoms with Gasteiger partial charge >= 0.3 is 6.03 Å². The summed E-state index contributed by atoms with van der Waals surface area (Å²) in [6.07, 6.45) is 3.58. The van der Waals surface area contributed by atoms with Crippen molar-refractivity contribution < 1.29 is 4.79 Å². The van der Waals surface area contributed by atoms with Gasteiger partial charge in [-0.2, -0.15) is 0 Å². The van der Waals surface area contributed by atoms with Crippen molar-refractivity contribution in [1.29, 1.82) is 0 Å². The third kappa shape index (κ3) is 4.76. The molecule has 0 saturated carbocycles. The summed E-state index contributed by atoms with van der Waals surface area (Å²) >= 11 is 18.0. The maximum atomic E-state index is 12.4. The maximum absolute atomic E-state index is 12.4. The van der Waals surface area contributed by atoms with E-state index < -0.39 is 0 Å². The van der Waals surface area contributed by atoms with Crippen LogP contribution in [0, 0.1) is 0 Å². The molecule has 2 heterocycles. The second-order valence-corrected chi connectivity index (χ2v) is 7.02. The number of nitrogens with zero attached hydrogens (tertiary/aromatic N) is 3. The van der Waals surface area contributed by atoms with E-state index in [4.69, 9.17) is 34.8 Å². The summed E-state index contributed by atoms with van der Waals surface area (Å²) in [7, 11) is 0. The number of halogens is 3. The minimum Gasteiger partial charge on any atom is -0.322 e. The van der Waals surface area contributed by atoms with Crippen molar-refractivity contribution in [3.05, 3.63) is 57.3 Å². The number of aromatic nitrogens is 1. The number of piperazine rings is 1. The van der Waals surface area contributed by atoms with Crippen molar-refractivity contribution in [3.8, 4) is 0 Å². The molecule has 0 aliphatic carbocycles. The Labute approximate surface area is 161 Å². The number of hydrogen-bond acceptors (Lipinski definition) is 3. The van der Waals surface area contributed by atoms with Gasteiger partial charge in [-0.05, 0) is 29.8 Å². The lowest BCUT2D eigenvalue weighted by Crippen LogP contribution is -2.49. The Morgan fingerprint density at radius 2 is 1.64 bits per heavy atom. The number of rotatable bonds is 3. The molecule has 2 aromatic rings. The van der Waals surface area contributed by atoms with E-state index in [1.807, 2.05) is 12.1 Å². The van der Waals surface area contributed by atoms with Crippen LogP contribution in [0.2, 0.25) is 15.1 Å². The van der Waals surface area contributed by atoms with Crippen LogP contribution in [0.25, 0.3) is 0 Å². The number of anilines is 1. The van der Waals surface area contributed by atoms with Crippen molar-refractivity contribution in [2.45, 2.75) is 6.54 Å². The zero-order valence-electron chi connectivity index (χ0n) is 13.4. The molecule has 0 radical (unpaired) electrons. The highest BCUT2D eigenvalue weighted by molar-refractivity contribution is 6.44. The van der Waals surface area contributed by atoms with Gasteiger partial charge in [0.1, 0.15) is 0 Å². The van der Waals surface area contributed by atoms with Crippen LogP contribution in [0.4, 0.5) is 10.5 Å².